The lowest BCUT2D eigenvalue weighted by atomic mass is 9.60. The topological polar surface area (TPSA) is 95.7 Å². The Morgan fingerprint density at radius 3 is 2.55 bits per heavy atom. The van der Waals surface area contributed by atoms with Gasteiger partial charge in [-0.2, -0.15) is 0 Å². The number of likely N-dealkylation sites (tertiary alicyclic amines) is 1. The number of benzene rings is 1. The van der Waals surface area contributed by atoms with Gasteiger partial charge >= 0.3 is 0 Å². The first kappa shape index (κ1) is 18.8. The highest BCUT2D eigenvalue weighted by Gasteiger charge is 2.46. The highest BCUT2D eigenvalue weighted by atomic mass is 16.2. The summed E-state index contributed by atoms with van der Waals surface area (Å²) in [5.41, 5.74) is 9.53. The third-order valence-corrected chi connectivity index (χ3v) is 7.66. The molecule has 3 aliphatic heterocycles. The molecule has 2 unspecified atom stereocenters. The zero-order valence-corrected chi connectivity index (χ0v) is 16.7. The van der Waals surface area contributed by atoms with E-state index in [1.165, 1.54) is 12.0 Å². The molecule has 1 aliphatic carbocycles. The van der Waals surface area contributed by atoms with Gasteiger partial charge in [-0.3, -0.25) is 24.6 Å². The van der Waals surface area contributed by atoms with Gasteiger partial charge in [0.05, 0.1) is 0 Å². The summed E-state index contributed by atoms with van der Waals surface area (Å²) in [6, 6.07) is 5.69. The van der Waals surface area contributed by atoms with Crippen molar-refractivity contribution >= 4 is 17.7 Å². The van der Waals surface area contributed by atoms with Crippen molar-refractivity contribution in [1.29, 1.82) is 0 Å². The Morgan fingerprint density at radius 2 is 1.90 bits per heavy atom. The quantitative estimate of drug-likeness (QED) is 0.748. The minimum Gasteiger partial charge on any atom is -0.327 e. The van der Waals surface area contributed by atoms with E-state index < -0.39 is 6.04 Å². The van der Waals surface area contributed by atoms with Gasteiger partial charge < -0.3 is 10.6 Å². The third kappa shape index (κ3) is 3.07. The van der Waals surface area contributed by atoms with Gasteiger partial charge in [-0.25, -0.2) is 0 Å². The molecule has 4 aliphatic rings. The van der Waals surface area contributed by atoms with Crippen molar-refractivity contribution in [1.82, 2.24) is 15.1 Å². The van der Waals surface area contributed by atoms with Gasteiger partial charge in [0.1, 0.15) is 6.04 Å². The summed E-state index contributed by atoms with van der Waals surface area (Å²) in [4.78, 5) is 40.8. The van der Waals surface area contributed by atoms with E-state index in [-0.39, 0.29) is 24.1 Å². The molecule has 0 aromatic heterocycles. The molecule has 2 saturated heterocycles. The zero-order chi connectivity index (χ0) is 20.2. The molecule has 2 atom stereocenters. The number of piperidine rings is 2. The van der Waals surface area contributed by atoms with Crippen LogP contribution < -0.4 is 11.1 Å². The van der Waals surface area contributed by atoms with Gasteiger partial charge in [0.15, 0.2) is 0 Å². The first-order valence-corrected chi connectivity index (χ1v) is 10.7. The number of nitrogens with two attached hydrogens (primary N) is 1. The van der Waals surface area contributed by atoms with Gasteiger partial charge in [-0.1, -0.05) is 12.1 Å². The Hall–Kier alpha value is -2.25. The maximum atomic E-state index is 13.0. The molecule has 0 bridgehead atoms. The predicted molar refractivity (Wildman–Crippen MR) is 107 cm³/mol. The number of fused-ring (bicyclic) bond motifs is 1. The molecule has 29 heavy (non-hydrogen) atoms. The zero-order valence-electron chi connectivity index (χ0n) is 16.7. The van der Waals surface area contributed by atoms with Crippen LogP contribution in [0.25, 0.3) is 0 Å². The molecule has 154 valence electrons. The van der Waals surface area contributed by atoms with Crippen molar-refractivity contribution < 1.29 is 14.4 Å². The molecular formula is C22H28N4O3. The molecule has 7 heteroatoms. The largest absolute Gasteiger partial charge is 0.327 e. The maximum absolute atomic E-state index is 13.0. The van der Waals surface area contributed by atoms with E-state index in [1.807, 2.05) is 12.1 Å². The van der Waals surface area contributed by atoms with Crippen LogP contribution in [0, 0.1) is 5.41 Å². The normalized spacial score (nSPS) is 29.0. The Labute approximate surface area is 170 Å². The molecule has 3 amide bonds. The highest BCUT2D eigenvalue weighted by Crippen LogP contribution is 2.48. The lowest BCUT2D eigenvalue weighted by Gasteiger charge is -2.52. The van der Waals surface area contributed by atoms with Crippen LogP contribution in [0.1, 0.15) is 60.0 Å². The van der Waals surface area contributed by atoms with E-state index in [9.17, 15) is 14.4 Å². The third-order valence-electron chi connectivity index (χ3n) is 7.66. The van der Waals surface area contributed by atoms with Crippen LogP contribution in [-0.4, -0.2) is 52.7 Å². The van der Waals surface area contributed by atoms with Gasteiger partial charge in [0, 0.05) is 31.1 Å². The van der Waals surface area contributed by atoms with Crippen molar-refractivity contribution in [3.63, 3.8) is 0 Å². The monoisotopic (exact) mass is 396 g/mol. The fraction of sp³-hybridized carbons (Fsp3) is 0.591. The van der Waals surface area contributed by atoms with Gasteiger partial charge in [0.2, 0.25) is 11.8 Å². The summed E-state index contributed by atoms with van der Waals surface area (Å²) in [6.07, 6.45) is 5.41. The standard InChI is InChI=1S/C22H28N4O3/c23-18-6-7-22(18)8-10-25(11-9-22)12-14-2-1-3-15-16(14)13-26(21(15)29)17-4-5-19(27)24-20(17)28/h1-3,17-18H,4-13,23H2,(H,24,27,28). The summed E-state index contributed by atoms with van der Waals surface area (Å²) in [7, 11) is 0. The summed E-state index contributed by atoms with van der Waals surface area (Å²) in [6.45, 7) is 3.36. The lowest BCUT2D eigenvalue weighted by molar-refractivity contribution is -0.136. The Bertz CT molecular complexity index is 875. The molecule has 1 saturated carbocycles. The van der Waals surface area contributed by atoms with E-state index in [4.69, 9.17) is 5.73 Å². The molecule has 1 aromatic rings. The predicted octanol–water partition coefficient (Wildman–Crippen LogP) is 1.15. The number of hydrogen-bond acceptors (Lipinski definition) is 5. The van der Waals surface area contributed by atoms with Gasteiger partial charge in [0.25, 0.3) is 5.91 Å². The first-order valence-electron chi connectivity index (χ1n) is 10.7. The number of imide groups is 1. The summed E-state index contributed by atoms with van der Waals surface area (Å²) >= 11 is 0. The SMILES string of the molecule is NC1CCC12CCN(Cc1cccc3c1CN(C1CCC(=O)NC1=O)C3=O)CC2. The van der Waals surface area contributed by atoms with Crippen LogP contribution in [0.15, 0.2) is 18.2 Å². The summed E-state index contributed by atoms with van der Waals surface area (Å²) in [5.74, 6) is -0.721. The van der Waals surface area contributed by atoms with Crippen molar-refractivity contribution in [3.05, 3.63) is 34.9 Å². The fourth-order valence-corrected chi connectivity index (χ4v) is 5.54. The Balaban J connectivity index is 1.30. The average molecular weight is 396 g/mol. The second kappa shape index (κ2) is 6.92. The number of nitrogens with zero attached hydrogens (tertiary/aromatic N) is 2. The van der Waals surface area contributed by atoms with Crippen LogP contribution in [0.4, 0.5) is 0 Å². The van der Waals surface area contributed by atoms with E-state index in [1.54, 1.807) is 4.90 Å². The van der Waals surface area contributed by atoms with Crippen LogP contribution in [-0.2, 0) is 22.7 Å². The minimum atomic E-state index is -0.560. The molecule has 5 rings (SSSR count). The van der Waals surface area contributed by atoms with Crippen LogP contribution in [0.3, 0.4) is 0 Å². The van der Waals surface area contributed by atoms with E-state index in [0.717, 1.165) is 44.5 Å². The molecular weight excluding hydrogens is 368 g/mol. The van der Waals surface area contributed by atoms with Crippen LogP contribution in [0.5, 0.6) is 0 Å². The smallest absolute Gasteiger partial charge is 0.255 e. The van der Waals surface area contributed by atoms with E-state index >= 15 is 0 Å². The lowest BCUT2D eigenvalue weighted by Crippen LogP contribution is -2.55. The van der Waals surface area contributed by atoms with Crippen molar-refractivity contribution in [2.75, 3.05) is 13.1 Å². The average Bonchev–Trinajstić information content (AvgIpc) is 3.05. The first-order chi connectivity index (χ1) is 14.0. The Kier molecular flexibility index (Phi) is 4.47. The summed E-state index contributed by atoms with van der Waals surface area (Å²) < 4.78 is 0. The maximum Gasteiger partial charge on any atom is 0.255 e. The molecule has 3 N–H and O–H groups in total. The van der Waals surface area contributed by atoms with Crippen LogP contribution >= 0.6 is 0 Å². The molecule has 1 spiro atoms. The summed E-state index contributed by atoms with van der Waals surface area (Å²) in [5, 5.41) is 2.37. The highest BCUT2D eigenvalue weighted by molar-refractivity contribution is 6.05. The van der Waals surface area contributed by atoms with E-state index in [0.29, 0.717) is 30.0 Å². The molecule has 1 aromatic carbocycles. The van der Waals surface area contributed by atoms with Gasteiger partial charge in [-0.05, 0) is 67.8 Å². The number of nitrogens with one attached hydrogen (secondary N) is 1. The number of carbonyl (C=O) groups is 3. The van der Waals surface area contributed by atoms with Crippen molar-refractivity contribution in [3.8, 4) is 0 Å². The second-order valence-electron chi connectivity index (χ2n) is 9.13. The molecule has 7 nitrogen and oxygen atoms in total. The number of hydrogen-bond donors (Lipinski definition) is 2. The van der Waals surface area contributed by atoms with Gasteiger partial charge in [-0.15, -0.1) is 0 Å². The van der Waals surface area contributed by atoms with E-state index in [2.05, 4.69) is 16.3 Å². The second-order valence-corrected chi connectivity index (χ2v) is 9.13. The van der Waals surface area contributed by atoms with Crippen molar-refractivity contribution in [2.24, 2.45) is 11.1 Å². The number of carbonyl (C=O) groups excluding carboxylic acids is 3. The number of rotatable bonds is 3. The van der Waals surface area contributed by atoms with Crippen LogP contribution in [0.2, 0.25) is 0 Å². The molecule has 0 radical (unpaired) electrons. The Morgan fingerprint density at radius 1 is 1.10 bits per heavy atom. The van der Waals surface area contributed by atoms with Crippen molar-refractivity contribution in [2.45, 2.75) is 63.7 Å². The fourth-order valence-electron chi connectivity index (χ4n) is 5.54. The number of amides is 3. The molecule has 3 fully saturated rings. The minimum absolute atomic E-state index is 0.102. The molecule has 3 heterocycles.